The quantitative estimate of drug-likeness (QED) is 0.517. The smallest absolute Gasteiger partial charge is 0.410 e. The summed E-state index contributed by atoms with van der Waals surface area (Å²) in [4.78, 5) is 35.6. The van der Waals surface area contributed by atoms with Crippen LogP contribution in [0.1, 0.15) is 40.0 Å². The molecule has 1 aromatic heterocycles. The van der Waals surface area contributed by atoms with Crippen LogP contribution < -0.4 is 15.0 Å². The van der Waals surface area contributed by atoms with Gasteiger partial charge in [-0.25, -0.2) is 4.79 Å². The summed E-state index contributed by atoms with van der Waals surface area (Å²) in [5.41, 5.74) is 0.386. The van der Waals surface area contributed by atoms with Gasteiger partial charge in [-0.2, -0.15) is 4.98 Å². The molecule has 11 nitrogen and oxygen atoms in total. The highest BCUT2D eigenvalue weighted by atomic mass is 16.6. The van der Waals surface area contributed by atoms with Crippen LogP contribution in [0.5, 0.6) is 5.75 Å². The first kappa shape index (κ1) is 27.7. The molecule has 208 valence electrons. The lowest BCUT2D eigenvalue weighted by Gasteiger charge is -2.35. The van der Waals surface area contributed by atoms with E-state index in [0.29, 0.717) is 44.6 Å². The number of hydrogen-bond donors (Lipinski definition) is 1. The van der Waals surface area contributed by atoms with Gasteiger partial charge in [0.1, 0.15) is 11.4 Å². The Morgan fingerprint density at radius 2 is 1.74 bits per heavy atom. The second kappa shape index (κ2) is 12.5. The summed E-state index contributed by atoms with van der Waals surface area (Å²) in [6, 6.07) is 8.01. The molecule has 0 atom stereocenters. The van der Waals surface area contributed by atoms with Crippen LogP contribution in [0.2, 0.25) is 0 Å². The number of hydrogen-bond acceptors (Lipinski definition) is 9. The Morgan fingerprint density at radius 1 is 1.05 bits per heavy atom. The Kier molecular flexibility index (Phi) is 9.09. The molecule has 1 N–H and O–H groups in total. The predicted molar refractivity (Wildman–Crippen MR) is 143 cm³/mol. The summed E-state index contributed by atoms with van der Waals surface area (Å²) < 4.78 is 16.1. The molecule has 2 fully saturated rings. The fraction of sp³-hybridized carbons (Fsp3) is 0.630. The molecule has 2 aliphatic rings. The lowest BCUT2D eigenvalue weighted by atomic mass is 9.96. The molecule has 4 rings (SSSR count). The summed E-state index contributed by atoms with van der Waals surface area (Å²) in [5, 5.41) is 7.21. The van der Waals surface area contributed by atoms with E-state index in [1.54, 1.807) is 12.0 Å². The zero-order valence-corrected chi connectivity index (χ0v) is 22.9. The molecule has 11 heteroatoms. The maximum Gasteiger partial charge on any atom is 0.410 e. The van der Waals surface area contributed by atoms with Crippen molar-refractivity contribution in [1.29, 1.82) is 0 Å². The number of nitrogens with one attached hydrogen (secondary N) is 1. The van der Waals surface area contributed by atoms with Crippen LogP contribution in [0, 0.1) is 5.92 Å². The number of rotatable bonds is 8. The number of aromatic nitrogens is 2. The van der Waals surface area contributed by atoms with Gasteiger partial charge in [0, 0.05) is 57.3 Å². The molecule has 0 aliphatic carbocycles. The number of benzene rings is 1. The number of carbonyl (C=O) groups excluding carboxylic acids is 2. The minimum atomic E-state index is -0.475. The third-order valence-electron chi connectivity index (χ3n) is 6.87. The van der Waals surface area contributed by atoms with Gasteiger partial charge >= 0.3 is 12.1 Å². The van der Waals surface area contributed by atoms with Crippen molar-refractivity contribution in [1.82, 2.24) is 25.3 Å². The standard InChI is InChI=1S/C27H40N6O5/c1-27(2,3)37-26(35)33-18-16-31(17-19-33)13-5-12-28-24(34)21-10-14-32(15-11-21)25-29-23(30-38-25)20-6-8-22(36-4)9-7-20/h6-9,21H,5,10-19H2,1-4H3,(H,28,34). The summed E-state index contributed by atoms with van der Waals surface area (Å²) in [6.07, 6.45) is 2.14. The highest BCUT2D eigenvalue weighted by Crippen LogP contribution is 2.26. The number of carbonyl (C=O) groups is 2. The molecular formula is C27H40N6O5. The van der Waals surface area contributed by atoms with Crippen molar-refractivity contribution < 1.29 is 23.6 Å². The zero-order chi connectivity index (χ0) is 27.1. The Labute approximate surface area is 224 Å². The first-order valence-corrected chi connectivity index (χ1v) is 13.4. The fourth-order valence-corrected chi connectivity index (χ4v) is 4.67. The van der Waals surface area contributed by atoms with Crippen molar-refractivity contribution in [3.8, 4) is 17.1 Å². The largest absolute Gasteiger partial charge is 0.497 e. The topological polar surface area (TPSA) is 113 Å². The second-order valence-electron chi connectivity index (χ2n) is 10.8. The van der Waals surface area contributed by atoms with E-state index < -0.39 is 5.60 Å². The average molecular weight is 529 g/mol. The molecule has 3 heterocycles. The first-order chi connectivity index (χ1) is 18.2. The van der Waals surface area contributed by atoms with E-state index in [1.807, 2.05) is 49.9 Å². The van der Waals surface area contributed by atoms with E-state index in [-0.39, 0.29) is 17.9 Å². The number of piperidine rings is 1. The predicted octanol–water partition coefficient (Wildman–Crippen LogP) is 3.02. The van der Waals surface area contributed by atoms with Gasteiger partial charge in [-0.3, -0.25) is 9.69 Å². The minimum absolute atomic E-state index is 0.00685. The normalized spacial score (nSPS) is 17.4. The van der Waals surface area contributed by atoms with E-state index in [1.165, 1.54) is 0 Å². The number of nitrogens with zero attached hydrogens (tertiary/aromatic N) is 5. The van der Waals surface area contributed by atoms with Gasteiger partial charge in [-0.15, -0.1) is 0 Å². The van der Waals surface area contributed by atoms with Crippen LogP contribution in [0.25, 0.3) is 11.4 Å². The van der Waals surface area contributed by atoms with Crippen LogP contribution in [0.4, 0.5) is 10.8 Å². The Hall–Kier alpha value is -3.34. The maximum atomic E-state index is 12.7. The van der Waals surface area contributed by atoms with Crippen molar-refractivity contribution >= 4 is 18.0 Å². The van der Waals surface area contributed by atoms with Crippen LogP contribution in [0.3, 0.4) is 0 Å². The Bertz CT molecular complexity index is 1050. The molecule has 0 bridgehead atoms. The van der Waals surface area contributed by atoms with E-state index >= 15 is 0 Å². The number of anilines is 1. The SMILES string of the molecule is COc1ccc(-c2noc(N3CCC(C(=O)NCCCN4CCN(C(=O)OC(C)(C)C)CC4)CC3)n2)cc1. The molecule has 2 aromatic rings. The van der Waals surface area contributed by atoms with E-state index in [4.69, 9.17) is 14.0 Å². The molecule has 0 unspecified atom stereocenters. The van der Waals surface area contributed by atoms with Crippen molar-refractivity contribution in [3.05, 3.63) is 24.3 Å². The molecule has 0 radical (unpaired) electrons. The number of methoxy groups -OCH3 is 1. The van der Waals surface area contributed by atoms with Gasteiger partial charge < -0.3 is 29.1 Å². The number of ether oxygens (including phenoxy) is 2. The first-order valence-electron chi connectivity index (χ1n) is 13.4. The van der Waals surface area contributed by atoms with Crippen LogP contribution in [0.15, 0.2) is 28.8 Å². The highest BCUT2D eigenvalue weighted by molar-refractivity contribution is 5.78. The Balaban J connectivity index is 1.11. The van der Waals surface area contributed by atoms with Gasteiger partial charge in [0.25, 0.3) is 0 Å². The van der Waals surface area contributed by atoms with Crippen LogP contribution in [-0.4, -0.2) is 97.0 Å². The summed E-state index contributed by atoms with van der Waals surface area (Å²) in [7, 11) is 1.63. The van der Waals surface area contributed by atoms with E-state index in [0.717, 1.165) is 50.2 Å². The molecule has 2 amide bonds. The zero-order valence-electron chi connectivity index (χ0n) is 22.9. The van der Waals surface area contributed by atoms with Gasteiger partial charge in [0.2, 0.25) is 11.7 Å². The van der Waals surface area contributed by atoms with Gasteiger partial charge in [-0.1, -0.05) is 5.16 Å². The maximum absolute atomic E-state index is 12.7. The van der Waals surface area contributed by atoms with Crippen molar-refractivity contribution in [2.24, 2.45) is 5.92 Å². The van der Waals surface area contributed by atoms with Crippen molar-refractivity contribution in [2.45, 2.75) is 45.6 Å². The molecule has 2 aliphatic heterocycles. The van der Waals surface area contributed by atoms with Gasteiger partial charge in [0.05, 0.1) is 7.11 Å². The van der Waals surface area contributed by atoms with Gasteiger partial charge in [-0.05, 0) is 70.8 Å². The lowest BCUT2D eigenvalue weighted by Crippen LogP contribution is -2.50. The number of amides is 2. The second-order valence-corrected chi connectivity index (χ2v) is 10.8. The third-order valence-corrected chi connectivity index (χ3v) is 6.87. The molecule has 38 heavy (non-hydrogen) atoms. The monoisotopic (exact) mass is 528 g/mol. The van der Waals surface area contributed by atoms with Crippen LogP contribution in [-0.2, 0) is 9.53 Å². The molecule has 1 aromatic carbocycles. The summed E-state index contributed by atoms with van der Waals surface area (Å²) in [6.45, 7) is 11.6. The molecule has 0 spiro atoms. The minimum Gasteiger partial charge on any atom is -0.497 e. The average Bonchev–Trinajstić information content (AvgIpc) is 3.41. The molecule has 0 saturated carbocycles. The number of piperazine rings is 1. The third kappa shape index (κ3) is 7.59. The molecule has 2 saturated heterocycles. The van der Waals surface area contributed by atoms with Crippen molar-refractivity contribution in [2.75, 3.05) is 64.4 Å². The lowest BCUT2D eigenvalue weighted by molar-refractivity contribution is -0.125. The van der Waals surface area contributed by atoms with Gasteiger partial charge in [0.15, 0.2) is 0 Å². The van der Waals surface area contributed by atoms with E-state index in [9.17, 15) is 9.59 Å². The van der Waals surface area contributed by atoms with Crippen molar-refractivity contribution in [3.63, 3.8) is 0 Å². The summed E-state index contributed by atoms with van der Waals surface area (Å²) in [5.74, 6) is 1.42. The Morgan fingerprint density at radius 3 is 2.37 bits per heavy atom. The highest BCUT2D eigenvalue weighted by Gasteiger charge is 2.28. The fourth-order valence-electron chi connectivity index (χ4n) is 4.67. The van der Waals surface area contributed by atoms with Crippen LogP contribution >= 0.6 is 0 Å². The molecular weight excluding hydrogens is 488 g/mol. The van der Waals surface area contributed by atoms with E-state index in [2.05, 4.69) is 20.4 Å². The summed E-state index contributed by atoms with van der Waals surface area (Å²) >= 11 is 0.